The minimum absolute atomic E-state index is 0.0703. The molecule has 1 aliphatic rings. The number of fused-ring (bicyclic) bond motifs is 3. The van der Waals surface area contributed by atoms with Gasteiger partial charge in [0.25, 0.3) is 5.56 Å². The van der Waals surface area contributed by atoms with E-state index in [4.69, 9.17) is 0 Å². The van der Waals surface area contributed by atoms with Gasteiger partial charge < -0.3 is 10.2 Å². The highest BCUT2D eigenvalue weighted by atomic mass is 32.2. The fourth-order valence-electron chi connectivity index (χ4n) is 5.52. The molecule has 3 aromatic carbocycles. The van der Waals surface area contributed by atoms with E-state index in [1.165, 1.54) is 23.0 Å². The molecule has 11 heteroatoms. The van der Waals surface area contributed by atoms with Crippen LogP contribution in [-0.4, -0.2) is 50.4 Å². The molecule has 0 aliphatic carbocycles. The van der Waals surface area contributed by atoms with Crippen molar-refractivity contribution in [3.05, 3.63) is 100 Å². The standard InChI is InChI=1S/C31H27F3N4O3S/c1-42(40,41)19-20-2-4-21(5-3-20)22-6-9-27-25(16-22)30-23(18-36-27)7-11-29(39)38(30)24-8-10-28(26(17-24)31(32,33)34)37-14-12-35-13-15-37/h2-11,16-18,35H,12-15,19H2,1H3. The lowest BCUT2D eigenvalue weighted by molar-refractivity contribution is -0.137. The van der Waals surface area contributed by atoms with E-state index in [1.54, 1.807) is 41.4 Å². The quantitative estimate of drug-likeness (QED) is 0.283. The molecular weight excluding hydrogens is 565 g/mol. The van der Waals surface area contributed by atoms with Crippen molar-refractivity contribution in [2.45, 2.75) is 11.9 Å². The minimum atomic E-state index is -4.62. The van der Waals surface area contributed by atoms with Crippen LogP contribution in [0.5, 0.6) is 0 Å². The Bertz CT molecular complexity index is 1980. The average Bonchev–Trinajstić information content (AvgIpc) is 2.96. The van der Waals surface area contributed by atoms with E-state index in [0.29, 0.717) is 53.5 Å². The highest BCUT2D eigenvalue weighted by Crippen LogP contribution is 2.39. The molecule has 0 saturated carbocycles. The maximum Gasteiger partial charge on any atom is 0.418 e. The molecule has 0 radical (unpaired) electrons. The van der Waals surface area contributed by atoms with Crippen molar-refractivity contribution in [2.75, 3.05) is 37.3 Å². The first-order valence-corrected chi connectivity index (χ1v) is 15.4. The van der Waals surface area contributed by atoms with Crippen molar-refractivity contribution >= 4 is 37.3 Å². The number of nitrogens with zero attached hydrogens (tertiary/aromatic N) is 3. The molecule has 2 aromatic heterocycles. The number of alkyl halides is 3. The fraction of sp³-hybridized carbons (Fsp3) is 0.226. The molecule has 0 atom stereocenters. The summed E-state index contributed by atoms with van der Waals surface area (Å²) in [6, 6.07) is 19.6. The van der Waals surface area contributed by atoms with Gasteiger partial charge in [0, 0.05) is 61.2 Å². The summed E-state index contributed by atoms with van der Waals surface area (Å²) in [5.41, 5.74) is 2.24. The van der Waals surface area contributed by atoms with Gasteiger partial charge in [-0.1, -0.05) is 30.3 Å². The number of piperazine rings is 1. The molecular formula is C31H27F3N4O3S. The SMILES string of the molecule is CS(=O)(=O)Cc1ccc(-c2ccc3ncc4ccc(=O)n(-c5ccc(N6CCNCC6)c(C(F)(F)F)c5)c4c3c2)cc1. The number of hydrogen-bond donors (Lipinski definition) is 1. The van der Waals surface area contributed by atoms with Gasteiger partial charge in [-0.05, 0) is 53.1 Å². The van der Waals surface area contributed by atoms with Crippen molar-refractivity contribution in [1.29, 1.82) is 0 Å². The van der Waals surface area contributed by atoms with Crippen LogP contribution in [0.3, 0.4) is 0 Å². The lowest BCUT2D eigenvalue weighted by Crippen LogP contribution is -2.44. The normalized spacial score (nSPS) is 14.5. The molecule has 0 amide bonds. The first kappa shape index (κ1) is 27.9. The fourth-order valence-corrected chi connectivity index (χ4v) is 6.31. The van der Waals surface area contributed by atoms with Crippen molar-refractivity contribution in [3.8, 4) is 16.8 Å². The third-order valence-electron chi connectivity index (χ3n) is 7.43. The van der Waals surface area contributed by atoms with Gasteiger partial charge in [-0.3, -0.25) is 14.3 Å². The van der Waals surface area contributed by atoms with Crippen LogP contribution in [0.25, 0.3) is 38.6 Å². The topological polar surface area (TPSA) is 84.3 Å². The summed E-state index contributed by atoms with van der Waals surface area (Å²) in [7, 11) is -3.18. The zero-order chi connectivity index (χ0) is 29.6. The first-order chi connectivity index (χ1) is 20.0. The second kappa shape index (κ2) is 10.6. The van der Waals surface area contributed by atoms with E-state index in [9.17, 15) is 26.4 Å². The van der Waals surface area contributed by atoms with Crippen molar-refractivity contribution in [3.63, 3.8) is 0 Å². The number of rotatable bonds is 5. The van der Waals surface area contributed by atoms with E-state index >= 15 is 0 Å². The Kier molecular flexibility index (Phi) is 7.02. The van der Waals surface area contributed by atoms with Crippen molar-refractivity contribution in [1.82, 2.24) is 14.9 Å². The van der Waals surface area contributed by atoms with Gasteiger partial charge in [-0.15, -0.1) is 0 Å². The van der Waals surface area contributed by atoms with E-state index in [2.05, 4.69) is 10.3 Å². The van der Waals surface area contributed by atoms with Crippen molar-refractivity contribution < 1.29 is 21.6 Å². The minimum Gasteiger partial charge on any atom is -0.368 e. The number of halogens is 3. The Morgan fingerprint density at radius 2 is 1.62 bits per heavy atom. The van der Waals surface area contributed by atoms with Crippen LogP contribution in [0.4, 0.5) is 18.9 Å². The van der Waals surface area contributed by atoms with E-state index < -0.39 is 27.1 Å². The lowest BCUT2D eigenvalue weighted by Gasteiger charge is -2.32. The first-order valence-electron chi connectivity index (χ1n) is 13.4. The molecule has 7 nitrogen and oxygen atoms in total. The highest BCUT2D eigenvalue weighted by Gasteiger charge is 2.36. The number of pyridine rings is 2. The lowest BCUT2D eigenvalue weighted by atomic mass is 10.0. The number of benzene rings is 3. The van der Waals surface area contributed by atoms with Crippen LogP contribution in [0.2, 0.25) is 0 Å². The molecule has 0 bridgehead atoms. The number of nitrogens with one attached hydrogen (secondary N) is 1. The summed E-state index contributed by atoms with van der Waals surface area (Å²) in [5, 5.41) is 4.35. The van der Waals surface area contributed by atoms with E-state index in [1.807, 2.05) is 24.3 Å². The van der Waals surface area contributed by atoms with Gasteiger partial charge in [0.1, 0.15) is 0 Å². The summed E-state index contributed by atoms with van der Waals surface area (Å²) < 4.78 is 67.7. The Hall–Kier alpha value is -4.22. The number of hydrogen-bond acceptors (Lipinski definition) is 6. The molecule has 42 heavy (non-hydrogen) atoms. The van der Waals surface area contributed by atoms with Gasteiger partial charge in [0.15, 0.2) is 9.84 Å². The zero-order valence-electron chi connectivity index (χ0n) is 22.6. The summed E-state index contributed by atoms with van der Waals surface area (Å²) in [6.07, 6.45) is -1.84. The van der Waals surface area contributed by atoms with Crippen LogP contribution < -0.4 is 15.8 Å². The predicted molar refractivity (Wildman–Crippen MR) is 159 cm³/mol. The van der Waals surface area contributed by atoms with Gasteiger partial charge >= 0.3 is 6.18 Å². The maximum atomic E-state index is 14.4. The largest absolute Gasteiger partial charge is 0.418 e. The van der Waals surface area contributed by atoms with Crippen LogP contribution in [0.15, 0.2) is 83.8 Å². The van der Waals surface area contributed by atoms with Gasteiger partial charge in [0.05, 0.1) is 28.0 Å². The average molecular weight is 593 g/mol. The van der Waals surface area contributed by atoms with Gasteiger partial charge in [-0.2, -0.15) is 13.2 Å². The van der Waals surface area contributed by atoms with Crippen LogP contribution >= 0.6 is 0 Å². The molecule has 6 rings (SSSR count). The Morgan fingerprint density at radius 1 is 0.905 bits per heavy atom. The monoisotopic (exact) mass is 592 g/mol. The van der Waals surface area contributed by atoms with Crippen LogP contribution in [-0.2, 0) is 21.8 Å². The Balaban J connectivity index is 1.53. The molecule has 0 spiro atoms. The number of anilines is 1. The molecule has 1 fully saturated rings. The van der Waals surface area contributed by atoms with E-state index in [-0.39, 0.29) is 17.1 Å². The molecule has 3 heterocycles. The molecule has 1 saturated heterocycles. The summed E-state index contributed by atoms with van der Waals surface area (Å²) in [4.78, 5) is 19.6. The molecule has 216 valence electrons. The predicted octanol–water partition coefficient (Wildman–Crippen LogP) is 5.18. The Labute approximate surface area is 240 Å². The van der Waals surface area contributed by atoms with Gasteiger partial charge in [0.2, 0.25) is 0 Å². The molecule has 5 aromatic rings. The second-order valence-corrected chi connectivity index (χ2v) is 12.6. The molecule has 1 N–H and O–H groups in total. The third-order valence-corrected chi connectivity index (χ3v) is 8.29. The smallest absolute Gasteiger partial charge is 0.368 e. The number of sulfone groups is 1. The van der Waals surface area contributed by atoms with Crippen LogP contribution in [0, 0.1) is 0 Å². The zero-order valence-corrected chi connectivity index (χ0v) is 23.5. The molecule has 1 aliphatic heterocycles. The maximum absolute atomic E-state index is 14.4. The van der Waals surface area contributed by atoms with Crippen molar-refractivity contribution in [2.24, 2.45) is 0 Å². The summed E-state index contributed by atoms with van der Waals surface area (Å²) in [6.45, 7) is 2.07. The summed E-state index contributed by atoms with van der Waals surface area (Å²) >= 11 is 0. The summed E-state index contributed by atoms with van der Waals surface area (Å²) in [5.74, 6) is -0.0703. The number of aromatic nitrogens is 2. The molecule has 0 unspecified atom stereocenters. The third kappa shape index (κ3) is 5.49. The highest BCUT2D eigenvalue weighted by molar-refractivity contribution is 7.89. The van der Waals surface area contributed by atoms with Gasteiger partial charge in [-0.25, -0.2) is 8.42 Å². The Morgan fingerprint density at radius 3 is 2.31 bits per heavy atom. The second-order valence-electron chi connectivity index (χ2n) is 10.5. The van der Waals surface area contributed by atoms with E-state index in [0.717, 1.165) is 17.2 Å². The van der Waals surface area contributed by atoms with Crippen LogP contribution in [0.1, 0.15) is 11.1 Å².